The standard InChI is InChI=1S/C21H33N3O2/c1-4-22-21(23-14-13-17-7-5-6-8-17)24-15-20(25)18-9-11-19(12-10-18)26-16(2)3/h7,9-12,16,20,25H,4-6,8,13-15H2,1-3H3,(H2,22,23,24). The molecule has 0 aliphatic heterocycles. The summed E-state index contributed by atoms with van der Waals surface area (Å²) in [5.74, 6) is 1.57. The highest BCUT2D eigenvalue weighted by molar-refractivity contribution is 5.79. The fourth-order valence-corrected chi connectivity index (χ4v) is 2.97. The Bertz CT molecular complexity index is 594. The Morgan fingerprint density at radius 1 is 1.23 bits per heavy atom. The van der Waals surface area contributed by atoms with Crippen LogP contribution in [0.1, 0.15) is 58.1 Å². The smallest absolute Gasteiger partial charge is 0.191 e. The Morgan fingerprint density at radius 3 is 2.62 bits per heavy atom. The molecule has 0 heterocycles. The van der Waals surface area contributed by atoms with Gasteiger partial charge in [-0.05, 0) is 64.2 Å². The zero-order valence-corrected chi connectivity index (χ0v) is 16.3. The first-order valence-electron chi connectivity index (χ1n) is 9.73. The summed E-state index contributed by atoms with van der Waals surface area (Å²) in [5.41, 5.74) is 2.38. The molecule has 1 aliphatic carbocycles. The van der Waals surface area contributed by atoms with Crippen LogP contribution >= 0.6 is 0 Å². The molecule has 1 aromatic rings. The van der Waals surface area contributed by atoms with E-state index in [0.29, 0.717) is 6.54 Å². The summed E-state index contributed by atoms with van der Waals surface area (Å²) in [6.07, 6.45) is 6.66. The van der Waals surface area contributed by atoms with Gasteiger partial charge in [-0.3, -0.25) is 4.99 Å². The van der Waals surface area contributed by atoms with Gasteiger partial charge in [0.1, 0.15) is 5.75 Å². The summed E-state index contributed by atoms with van der Waals surface area (Å²) < 4.78 is 5.63. The highest BCUT2D eigenvalue weighted by Gasteiger charge is 2.09. The van der Waals surface area contributed by atoms with Gasteiger partial charge in [-0.2, -0.15) is 0 Å². The number of hydrogen-bond acceptors (Lipinski definition) is 3. The number of aliphatic imine (C=N–C) groups is 1. The number of rotatable bonds is 9. The van der Waals surface area contributed by atoms with Crippen LogP contribution in [0.2, 0.25) is 0 Å². The molecule has 0 bridgehead atoms. The Balaban J connectivity index is 1.84. The number of benzene rings is 1. The maximum absolute atomic E-state index is 10.4. The number of allylic oxidation sites excluding steroid dienone is 1. The molecule has 1 unspecified atom stereocenters. The van der Waals surface area contributed by atoms with Crippen LogP contribution in [0.5, 0.6) is 5.75 Å². The van der Waals surface area contributed by atoms with Crippen molar-refractivity contribution < 1.29 is 9.84 Å². The van der Waals surface area contributed by atoms with Crippen LogP contribution in [0.4, 0.5) is 0 Å². The average molecular weight is 360 g/mol. The molecule has 0 saturated heterocycles. The molecule has 2 rings (SSSR count). The van der Waals surface area contributed by atoms with Crippen molar-refractivity contribution >= 4 is 5.96 Å². The Kier molecular flexibility index (Phi) is 8.48. The van der Waals surface area contributed by atoms with Crippen molar-refractivity contribution in [2.75, 3.05) is 19.6 Å². The maximum Gasteiger partial charge on any atom is 0.191 e. The van der Waals surface area contributed by atoms with Crippen LogP contribution < -0.4 is 15.4 Å². The molecule has 0 aromatic heterocycles. The highest BCUT2D eigenvalue weighted by Crippen LogP contribution is 2.20. The van der Waals surface area contributed by atoms with Gasteiger partial charge in [0.25, 0.3) is 0 Å². The minimum Gasteiger partial charge on any atom is -0.491 e. The fraction of sp³-hybridized carbons (Fsp3) is 0.571. The normalized spacial score (nSPS) is 15.7. The Hall–Kier alpha value is -2.01. The molecule has 3 N–H and O–H groups in total. The van der Waals surface area contributed by atoms with Gasteiger partial charge < -0.3 is 20.5 Å². The summed E-state index contributed by atoms with van der Waals surface area (Å²) in [6.45, 7) is 8.02. The van der Waals surface area contributed by atoms with E-state index in [4.69, 9.17) is 4.74 Å². The second-order valence-electron chi connectivity index (χ2n) is 6.90. The van der Waals surface area contributed by atoms with Crippen LogP contribution in [-0.2, 0) is 0 Å². The summed E-state index contributed by atoms with van der Waals surface area (Å²) >= 11 is 0. The molecular formula is C21H33N3O2. The maximum atomic E-state index is 10.4. The molecule has 0 spiro atoms. The zero-order chi connectivity index (χ0) is 18.8. The predicted molar refractivity (Wildman–Crippen MR) is 108 cm³/mol. The topological polar surface area (TPSA) is 65.9 Å². The van der Waals surface area contributed by atoms with E-state index in [1.54, 1.807) is 0 Å². The van der Waals surface area contributed by atoms with E-state index >= 15 is 0 Å². The molecule has 0 saturated carbocycles. The number of ether oxygens (including phenoxy) is 1. The van der Waals surface area contributed by atoms with E-state index < -0.39 is 6.10 Å². The molecular weight excluding hydrogens is 326 g/mol. The molecule has 5 heteroatoms. The van der Waals surface area contributed by atoms with Crippen LogP contribution in [0.25, 0.3) is 0 Å². The van der Waals surface area contributed by atoms with Gasteiger partial charge in [0, 0.05) is 13.1 Å². The molecule has 1 aliphatic rings. The van der Waals surface area contributed by atoms with Gasteiger partial charge in [-0.25, -0.2) is 0 Å². The van der Waals surface area contributed by atoms with E-state index in [1.165, 1.54) is 24.8 Å². The van der Waals surface area contributed by atoms with Crippen molar-refractivity contribution in [2.45, 2.75) is 58.7 Å². The van der Waals surface area contributed by atoms with Crippen molar-refractivity contribution in [3.05, 3.63) is 41.5 Å². The van der Waals surface area contributed by atoms with Crippen molar-refractivity contribution in [1.82, 2.24) is 10.6 Å². The summed E-state index contributed by atoms with van der Waals surface area (Å²) in [7, 11) is 0. The van der Waals surface area contributed by atoms with E-state index in [-0.39, 0.29) is 6.10 Å². The largest absolute Gasteiger partial charge is 0.491 e. The number of nitrogens with one attached hydrogen (secondary N) is 2. The number of nitrogens with zero attached hydrogens (tertiary/aromatic N) is 1. The zero-order valence-electron chi connectivity index (χ0n) is 16.3. The fourth-order valence-electron chi connectivity index (χ4n) is 2.97. The monoisotopic (exact) mass is 359 g/mol. The number of hydrogen-bond donors (Lipinski definition) is 3. The van der Waals surface area contributed by atoms with Gasteiger partial charge in [0.2, 0.25) is 0 Å². The predicted octanol–water partition coefficient (Wildman–Crippen LogP) is 3.56. The minimum atomic E-state index is -0.629. The minimum absolute atomic E-state index is 0.143. The lowest BCUT2D eigenvalue weighted by atomic mass is 10.1. The first-order valence-corrected chi connectivity index (χ1v) is 9.73. The lowest BCUT2D eigenvalue weighted by Crippen LogP contribution is -2.38. The summed E-state index contributed by atoms with van der Waals surface area (Å²) in [6, 6.07) is 7.57. The first kappa shape index (κ1) is 20.3. The summed E-state index contributed by atoms with van der Waals surface area (Å²) in [4.78, 5) is 4.52. The van der Waals surface area contributed by atoms with Crippen molar-refractivity contribution in [3.63, 3.8) is 0 Å². The van der Waals surface area contributed by atoms with Crippen molar-refractivity contribution in [1.29, 1.82) is 0 Å². The van der Waals surface area contributed by atoms with Gasteiger partial charge in [0.05, 0.1) is 18.8 Å². The molecule has 1 aromatic carbocycles. The van der Waals surface area contributed by atoms with Crippen LogP contribution in [0, 0.1) is 0 Å². The van der Waals surface area contributed by atoms with E-state index in [0.717, 1.165) is 36.8 Å². The Labute approximate surface area is 157 Å². The number of guanidine groups is 1. The second-order valence-corrected chi connectivity index (χ2v) is 6.90. The molecule has 26 heavy (non-hydrogen) atoms. The molecule has 1 atom stereocenters. The molecule has 0 amide bonds. The average Bonchev–Trinajstić information content (AvgIpc) is 3.13. The van der Waals surface area contributed by atoms with E-state index in [9.17, 15) is 5.11 Å². The van der Waals surface area contributed by atoms with E-state index in [1.807, 2.05) is 45.0 Å². The van der Waals surface area contributed by atoms with Crippen molar-refractivity contribution in [3.8, 4) is 5.75 Å². The lowest BCUT2D eigenvalue weighted by molar-refractivity contribution is 0.186. The molecule has 144 valence electrons. The number of aliphatic hydroxyl groups excluding tert-OH is 1. The summed E-state index contributed by atoms with van der Waals surface area (Å²) in [5, 5.41) is 17.0. The Morgan fingerprint density at radius 2 is 2.00 bits per heavy atom. The van der Waals surface area contributed by atoms with Gasteiger partial charge in [-0.1, -0.05) is 23.8 Å². The molecule has 0 radical (unpaired) electrons. The highest BCUT2D eigenvalue weighted by atomic mass is 16.5. The SMILES string of the molecule is CCNC(=NCC(O)c1ccc(OC(C)C)cc1)NCCC1=CCCC1. The van der Waals surface area contributed by atoms with E-state index in [2.05, 4.69) is 21.7 Å². The first-order chi connectivity index (χ1) is 12.6. The second kappa shape index (κ2) is 10.9. The van der Waals surface area contributed by atoms with Gasteiger partial charge in [0.15, 0.2) is 5.96 Å². The molecule has 0 fully saturated rings. The lowest BCUT2D eigenvalue weighted by Gasteiger charge is -2.14. The van der Waals surface area contributed by atoms with Gasteiger partial charge in [-0.15, -0.1) is 0 Å². The number of aliphatic hydroxyl groups is 1. The third kappa shape index (κ3) is 7.08. The third-order valence-electron chi connectivity index (χ3n) is 4.28. The third-order valence-corrected chi connectivity index (χ3v) is 4.28. The van der Waals surface area contributed by atoms with Gasteiger partial charge >= 0.3 is 0 Å². The quantitative estimate of drug-likeness (QED) is 0.358. The van der Waals surface area contributed by atoms with Crippen LogP contribution in [0.3, 0.4) is 0 Å². The van der Waals surface area contributed by atoms with Crippen LogP contribution in [-0.4, -0.2) is 36.8 Å². The van der Waals surface area contributed by atoms with Crippen LogP contribution in [0.15, 0.2) is 40.9 Å². The van der Waals surface area contributed by atoms with Crippen molar-refractivity contribution in [2.24, 2.45) is 4.99 Å². The molecule has 5 nitrogen and oxygen atoms in total.